The summed E-state index contributed by atoms with van der Waals surface area (Å²) < 4.78 is 0.969. The molecule has 1 spiro atoms. The van der Waals surface area contributed by atoms with Crippen LogP contribution in [0.3, 0.4) is 0 Å². The van der Waals surface area contributed by atoms with Crippen molar-refractivity contribution in [3.05, 3.63) is 34.3 Å². The second kappa shape index (κ2) is 5.44. The molecule has 1 aromatic carbocycles. The van der Waals surface area contributed by atoms with E-state index < -0.39 is 5.54 Å². The van der Waals surface area contributed by atoms with Crippen molar-refractivity contribution in [1.82, 2.24) is 10.2 Å². The van der Waals surface area contributed by atoms with E-state index in [9.17, 15) is 9.59 Å². The SMILES string of the molecule is CC1CCC2(CC1)C(=O)NC(=O)N2Cc1ccccc1Br. The van der Waals surface area contributed by atoms with E-state index in [-0.39, 0.29) is 11.9 Å². The molecule has 3 rings (SSSR count). The number of benzene rings is 1. The van der Waals surface area contributed by atoms with E-state index in [4.69, 9.17) is 0 Å². The normalized spacial score (nSPS) is 29.0. The molecule has 3 amide bonds. The van der Waals surface area contributed by atoms with Crippen LogP contribution in [-0.4, -0.2) is 22.4 Å². The van der Waals surface area contributed by atoms with Gasteiger partial charge < -0.3 is 4.90 Å². The summed E-state index contributed by atoms with van der Waals surface area (Å²) in [6.07, 6.45) is 3.51. The molecule has 2 fully saturated rings. The monoisotopic (exact) mass is 350 g/mol. The number of urea groups is 1. The highest BCUT2D eigenvalue weighted by Crippen LogP contribution is 2.40. The number of halogens is 1. The van der Waals surface area contributed by atoms with Gasteiger partial charge in [-0.25, -0.2) is 4.79 Å². The Labute approximate surface area is 133 Å². The second-order valence-electron chi connectivity index (χ2n) is 6.15. The molecule has 0 radical (unpaired) electrons. The summed E-state index contributed by atoms with van der Waals surface area (Å²) in [5, 5.41) is 2.51. The molecule has 0 unspecified atom stereocenters. The summed E-state index contributed by atoms with van der Waals surface area (Å²) in [7, 11) is 0. The predicted octanol–water partition coefficient (Wildman–Crippen LogP) is 3.45. The number of carbonyl (C=O) groups is 2. The van der Waals surface area contributed by atoms with Crippen molar-refractivity contribution in [2.45, 2.75) is 44.7 Å². The molecule has 1 saturated heterocycles. The van der Waals surface area contributed by atoms with Gasteiger partial charge in [0.05, 0.1) is 0 Å². The van der Waals surface area contributed by atoms with Gasteiger partial charge in [0.1, 0.15) is 5.54 Å². The van der Waals surface area contributed by atoms with Crippen molar-refractivity contribution in [3.8, 4) is 0 Å². The van der Waals surface area contributed by atoms with Crippen molar-refractivity contribution in [2.75, 3.05) is 0 Å². The van der Waals surface area contributed by atoms with E-state index in [1.807, 2.05) is 24.3 Å². The number of imide groups is 1. The molecule has 2 aliphatic rings. The molecule has 1 aliphatic carbocycles. The van der Waals surface area contributed by atoms with Crippen LogP contribution < -0.4 is 5.32 Å². The molecule has 0 aromatic heterocycles. The standard InChI is InChI=1S/C16H19BrN2O2/c1-11-6-8-16(9-7-11)14(20)18-15(21)19(16)10-12-4-2-3-5-13(12)17/h2-5,11H,6-10H2,1H3,(H,18,20,21). The number of nitrogens with zero attached hydrogens (tertiary/aromatic N) is 1. The Balaban J connectivity index is 1.90. The van der Waals surface area contributed by atoms with Gasteiger partial charge in [0, 0.05) is 11.0 Å². The fraction of sp³-hybridized carbons (Fsp3) is 0.500. The lowest BCUT2D eigenvalue weighted by molar-refractivity contribution is -0.128. The van der Waals surface area contributed by atoms with Gasteiger partial charge in [-0.2, -0.15) is 0 Å². The molecule has 0 bridgehead atoms. The average Bonchev–Trinajstić information content (AvgIpc) is 2.68. The summed E-state index contributed by atoms with van der Waals surface area (Å²) in [5.74, 6) is 0.510. The lowest BCUT2D eigenvalue weighted by Crippen LogP contribution is -2.51. The largest absolute Gasteiger partial charge is 0.325 e. The summed E-state index contributed by atoms with van der Waals surface area (Å²) in [5.41, 5.74) is 0.388. The minimum Gasteiger partial charge on any atom is -0.305 e. The number of carbonyl (C=O) groups excluding carboxylic acids is 2. The fourth-order valence-electron chi connectivity index (χ4n) is 3.35. The van der Waals surface area contributed by atoms with Crippen molar-refractivity contribution >= 4 is 27.9 Å². The molecular weight excluding hydrogens is 332 g/mol. The number of hydrogen-bond donors (Lipinski definition) is 1. The number of hydrogen-bond acceptors (Lipinski definition) is 2. The second-order valence-corrected chi connectivity index (χ2v) is 7.01. The highest BCUT2D eigenvalue weighted by atomic mass is 79.9. The lowest BCUT2D eigenvalue weighted by atomic mass is 9.76. The van der Waals surface area contributed by atoms with Gasteiger partial charge in [0.25, 0.3) is 5.91 Å². The third-order valence-electron chi connectivity index (χ3n) is 4.79. The van der Waals surface area contributed by atoms with Crippen LogP contribution in [0.15, 0.2) is 28.7 Å². The molecule has 5 heteroatoms. The van der Waals surface area contributed by atoms with Crippen LogP contribution in [0.5, 0.6) is 0 Å². The average molecular weight is 351 g/mol. The minimum atomic E-state index is -0.640. The smallest absolute Gasteiger partial charge is 0.305 e. The summed E-state index contributed by atoms with van der Waals surface area (Å²) in [6.45, 7) is 2.67. The van der Waals surface area contributed by atoms with Gasteiger partial charge in [-0.05, 0) is 43.2 Å². The zero-order chi connectivity index (χ0) is 15.0. The zero-order valence-electron chi connectivity index (χ0n) is 12.1. The Morgan fingerprint density at radius 1 is 1.29 bits per heavy atom. The summed E-state index contributed by atoms with van der Waals surface area (Å²) in [6, 6.07) is 7.58. The minimum absolute atomic E-state index is 0.119. The summed E-state index contributed by atoms with van der Waals surface area (Å²) in [4.78, 5) is 26.3. The Morgan fingerprint density at radius 3 is 2.62 bits per heavy atom. The molecular formula is C16H19BrN2O2. The van der Waals surface area contributed by atoms with E-state index in [1.165, 1.54) is 0 Å². The third kappa shape index (κ3) is 2.48. The third-order valence-corrected chi connectivity index (χ3v) is 5.57. The zero-order valence-corrected chi connectivity index (χ0v) is 13.6. The van der Waals surface area contributed by atoms with Crippen LogP contribution in [0.2, 0.25) is 0 Å². The van der Waals surface area contributed by atoms with E-state index in [2.05, 4.69) is 28.2 Å². The molecule has 21 heavy (non-hydrogen) atoms. The Bertz CT molecular complexity index is 579. The van der Waals surface area contributed by atoms with Crippen LogP contribution in [0.25, 0.3) is 0 Å². The quantitative estimate of drug-likeness (QED) is 0.830. The first-order chi connectivity index (χ1) is 10.0. The number of rotatable bonds is 2. The van der Waals surface area contributed by atoms with Crippen molar-refractivity contribution in [1.29, 1.82) is 0 Å². The van der Waals surface area contributed by atoms with Gasteiger partial charge in [0.2, 0.25) is 0 Å². The Kier molecular flexibility index (Phi) is 3.78. The van der Waals surface area contributed by atoms with Crippen molar-refractivity contribution < 1.29 is 9.59 Å². The molecule has 112 valence electrons. The van der Waals surface area contributed by atoms with E-state index in [1.54, 1.807) is 4.90 Å². The van der Waals surface area contributed by atoms with Crippen LogP contribution >= 0.6 is 15.9 Å². The van der Waals surface area contributed by atoms with Gasteiger partial charge in [-0.3, -0.25) is 10.1 Å². The van der Waals surface area contributed by atoms with Crippen LogP contribution in [0, 0.1) is 5.92 Å². The highest BCUT2D eigenvalue weighted by molar-refractivity contribution is 9.10. The van der Waals surface area contributed by atoms with Gasteiger partial charge in [-0.15, -0.1) is 0 Å². The van der Waals surface area contributed by atoms with Crippen molar-refractivity contribution in [3.63, 3.8) is 0 Å². The first-order valence-electron chi connectivity index (χ1n) is 7.39. The van der Waals surface area contributed by atoms with Crippen LogP contribution in [0.1, 0.15) is 38.2 Å². The Morgan fingerprint density at radius 2 is 1.95 bits per heavy atom. The van der Waals surface area contributed by atoms with E-state index >= 15 is 0 Å². The van der Waals surface area contributed by atoms with Crippen LogP contribution in [0.4, 0.5) is 4.79 Å². The predicted molar refractivity (Wildman–Crippen MR) is 83.6 cm³/mol. The maximum absolute atomic E-state index is 12.4. The molecule has 4 nitrogen and oxygen atoms in total. The number of amides is 3. The van der Waals surface area contributed by atoms with Crippen molar-refractivity contribution in [2.24, 2.45) is 5.92 Å². The Hall–Kier alpha value is -1.36. The summed E-state index contributed by atoms with van der Waals surface area (Å²) >= 11 is 3.52. The molecule has 1 heterocycles. The van der Waals surface area contributed by atoms with Gasteiger partial charge >= 0.3 is 6.03 Å². The molecule has 1 aliphatic heterocycles. The fourth-order valence-corrected chi connectivity index (χ4v) is 3.76. The van der Waals surface area contributed by atoms with Gasteiger partial charge in [0.15, 0.2) is 0 Å². The highest BCUT2D eigenvalue weighted by Gasteiger charge is 2.53. The maximum atomic E-state index is 12.4. The van der Waals surface area contributed by atoms with E-state index in [0.29, 0.717) is 12.5 Å². The van der Waals surface area contributed by atoms with Gasteiger partial charge in [-0.1, -0.05) is 41.1 Å². The lowest BCUT2D eigenvalue weighted by Gasteiger charge is -2.40. The topological polar surface area (TPSA) is 49.4 Å². The first-order valence-corrected chi connectivity index (χ1v) is 8.19. The molecule has 1 aromatic rings. The molecule has 1 N–H and O–H groups in total. The maximum Gasteiger partial charge on any atom is 0.325 e. The van der Waals surface area contributed by atoms with Crippen LogP contribution in [-0.2, 0) is 11.3 Å². The molecule has 1 saturated carbocycles. The van der Waals surface area contributed by atoms with E-state index in [0.717, 1.165) is 35.7 Å². The first kappa shape index (κ1) is 14.6. The number of nitrogens with one attached hydrogen (secondary N) is 1. The molecule has 0 atom stereocenters.